The Bertz CT molecular complexity index is 865. The molecular weight excluding hydrogens is 294 g/mol. The fourth-order valence-electron chi connectivity index (χ4n) is 1.65. The Morgan fingerprint density at radius 1 is 0.842 bits per heavy atom. The van der Waals surface area contributed by atoms with Crippen LogP contribution in [0.3, 0.4) is 0 Å². The van der Waals surface area contributed by atoms with Gasteiger partial charge in [-0.25, -0.2) is 16.8 Å². The van der Waals surface area contributed by atoms with Crippen molar-refractivity contribution in [2.45, 2.75) is 9.79 Å². The largest absolute Gasteiger partial charge is 0.744 e. The maximum atomic E-state index is 10.9. The van der Waals surface area contributed by atoms with Crippen LogP contribution in [0.1, 0.15) is 0 Å². The zero-order chi connectivity index (χ0) is 14.4. The standard InChI is InChI=1S/C10H9NO6S2/c11-10-5-8(19(15,16)17)4-6-3-7(18(12,13)14)1-2-9(6)10/h1-5H,11H2,(H,12,13,14)(H,15,16,17)/p-2. The number of nitrogen functional groups attached to an aromatic ring is 1. The van der Waals surface area contributed by atoms with E-state index in [2.05, 4.69) is 0 Å². The van der Waals surface area contributed by atoms with Gasteiger partial charge in [0.25, 0.3) is 0 Å². The smallest absolute Gasteiger partial charge is 0.124 e. The van der Waals surface area contributed by atoms with E-state index in [-0.39, 0.29) is 11.1 Å². The molecule has 0 heterocycles. The van der Waals surface area contributed by atoms with Crippen LogP contribution in [0.4, 0.5) is 5.69 Å². The number of benzene rings is 2. The molecule has 0 aliphatic rings. The first-order valence-corrected chi connectivity index (χ1v) is 7.66. The second-order valence-corrected chi connectivity index (χ2v) is 6.56. The molecule has 0 radical (unpaired) electrons. The molecule has 0 saturated heterocycles. The van der Waals surface area contributed by atoms with Crippen LogP contribution >= 0.6 is 0 Å². The van der Waals surface area contributed by atoms with Crippen LogP contribution in [0.15, 0.2) is 40.1 Å². The SMILES string of the molecule is Nc1cc(S(=O)(=O)[O-])cc2cc(S(=O)(=O)[O-])ccc12. The lowest BCUT2D eigenvalue weighted by molar-refractivity contribution is 0.461. The first-order chi connectivity index (χ1) is 8.59. The molecule has 19 heavy (non-hydrogen) atoms. The van der Waals surface area contributed by atoms with Crippen molar-refractivity contribution < 1.29 is 25.9 Å². The van der Waals surface area contributed by atoms with Crippen molar-refractivity contribution in [1.29, 1.82) is 0 Å². The summed E-state index contributed by atoms with van der Waals surface area (Å²) in [5, 5.41) is 0.436. The van der Waals surface area contributed by atoms with Crippen molar-refractivity contribution >= 4 is 36.7 Å². The molecule has 0 aromatic heterocycles. The summed E-state index contributed by atoms with van der Waals surface area (Å²) < 4.78 is 65.4. The summed E-state index contributed by atoms with van der Waals surface area (Å²) in [7, 11) is -9.40. The molecule has 0 atom stereocenters. The molecule has 0 fully saturated rings. The lowest BCUT2D eigenvalue weighted by Crippen LogP contribution is -2.02. The van der Waals surface area contributed by atoms with Crippen molar-refractivity contribution in [3.05, 3.63) is 30.3 Å². The minimum absolute atomic E-state index is 0.00164. The van der Waals surface area contributed by atoms with E-state index in [4.69, 9.17) is 5.73 Å². The number of hydrogen-bond acceptors (Lipinski definition) is 7. The Labute approximate surface area is 109 Å². The van der Waals surface area contributed by atoms with E-state index in [0.717, 1.165) is 24.3 Å². The molecule has 7 nitrogen and oxygen atoms in total. The van der Waals surface area contributed by atoms with Crippen molar-refractivity contribution in [3.8, 4) is 0 Å². The summed E-state index contributed by atoms with van der Waals surface area (Å²) >= 11 is 0. The van der Waals surface area contributed by atoms with Crippen LogP contribution in [-0.2, 0) is 20.2 Å². The highest BCUT2D eigenvalue weighted by atomic mass is 32.2. The van der Waals surface area contributed by atoms with Gasteiger partial charge in [0.05, 0.1) is 9.79 Å². The van der Waals surface area contributed by atoms with Crippen LogP contribution in [-0.4, -0.2) is 25.9 Å². The predicted molar refractivity (Wildman–Crippen MR) is 64.3 cm³/mol. The maximum Gasteiger partial charge on any atom is 0.124 e. The van der Waals surface area contributed by atoms with Crippen LogP contribution in [0.5, 0.6) is 0 Å². The quantitative estimate of drug-likeness (QED) is 0.618. The highest BCUT2D eigenvalue weighted by Gasteiger charge is 2.09. The normalized spacial score (nSPS) is 12.7. The number of hydrogen-bond donors (Lipinski definition) is 1. The van der Waals surface area contributed by atoms with Gasteiger partial charge in [-0.15, -0.1) is 0 Å². The van der Waals surface area contributed by atoms with E-state index in [0.29, 0.717) is 5.39 Å². The lowest BCUT2D eigenvalue weighted by atomic mass is 10.1. The van der Waals surface area contributed by atoms with E-state index in [9.17, 15) is 25.9 Å². The Kier molecular flexibility index (Phi) is 3.01. The van der Waals surface area contributed by atoms with Crippen LogP contribution in [0, 0.1) is 0 Å². The molecule has 0 aliphatic heterocycles. The van der Waals surface area contributed by atoms with Gasteiger partial charge in [0.1, 0.15) is 20.2 Å². The van der Waals surface area contributed by atoms with E-state index in [1.165, 1.54) is 6.07 Å². The highest BCUT2D eigenvalue weighted by Crippen LogP contribution is 2.27. The summed E-state index contributed by atoms with van der Waals surface area (Å²) in [6, 6.07) is 5.27. The molecule has 0 bridgehead atoms. The van der Waals surface area contributed by atoms with Gasteiger partial charge in [-0.2, -0.15) is 0 Å². The van der Waals surface area contributed by atoms with Gasteiger partial charge in [0, 0.05) is 11.1 Å². The summed E-state index contributed by atoms with van der Waals surface area (Å²) in [5.41, 5.74) is 5.58. The van der Waals surface area contributed by atoms with Crippen LogP contribution < -0.4 is 5.73 Å². The van der Waals surface area contributed by atoms with Gasteiger partial charge in [-0.05, 0) is 29.7 Å². The third-order valence-electron chi connectivity index (χ3n) is 2.51. The molecule has 2 rings (SSSR count). The number of fused-ring (bicyclic) bond motifs is 1. The molecular formula is C10H7NO6S2-2. The van der Waals surface area contributed by atoms with Gasteiger partial charge >= 0.3 is 0 Å². The molecule has 0 amide bonds. The van der Waals surface area contributed by atoms with E-state index in [1.807, 2.05) is 0 Å². The molecule has 0 spiro atoms. The minimum Gasteiger partial charge on any atom is -0.744 e. The third kappa shape index (κ3) is 2.68. The zero-order valence-corrected chi connectivity index (χ0v) is 10.9. The highest BCUT2D eigenvalue weighted by molar-refractivity contribution is 7.86. The summed E-state index contributed by atoms with van der Waals surface area (Å²) in [6.45, 7) is 0. The molecule has 0 saturated carbocycles. The number of nitrogens with two attached hydrogens (primary N) is 1. The van der Waals surface area contributed by atoms with E-state index < -0.39 is 30.0 Å². The Hall–Kier alpha value is -1.68. The van der Waals surface area contributed by atoms with Crippen molar-refractivity contribution in [2.24, 2.45) is 0 Å². The van der Waals surface area contributed by atoms with Crippen LogP contribution in [0.2, 0.25) is 0 Å². The van der Waals surface area contributed by atoms with Crippen LogP contribution in [0.25, 0.3) is 10.8 Å². The van der Waals surface area contributed by atoms with E-state index >= 15 is 0 Å². The fourth-order valence-corrected chi connectivity index (χ4v) is 2.70. The molecule has 9 heteroatoms. The second-order valence-electron chi connectivity index (χ2n) is 3.80. The van der Waals surface area contributed by atoms with Gasteiger partial charge in [-0.3, -0.25) is 0 Å². The Balaban J connectivity index is 2.85. The molecule has 2 aromatic carbocycles. The summed E-state index contributed by atoms with van der Waals surface area (Å²) in [5.74, 6) is 0. The van der Waals surface area contributed by atoms with Crippen molar-refractivity contribution in [1.82, 2.24) is 0 Å². The van der Waals surface area contributed by atoms with Gasteiger partial charge in [-0.1, -0.05) is 6.07 Å². The average Bonchev–Trinajstić information content (AvgIpc) is 2.25. The minimum atomic E-state index is -4.72. The zero-order valence-electron chi connectivity index (χ0n) is 9.23. The van der Waals surface area contributed by atoms with Gasteiger partial charge in [0.15, 0.2) is 0 Å². The van der Waals surface area contributed by atoms with Crippen molar-refractivity contribution in [2.75, 3.05) is 5.73 Å². The Morgan fingerprint density at radius 3 is 1.89 bits per heavy atom. The maximum absolute atomic E-state index is 10.9. The third-order valence-corrected chi connectivity index (χ3v) is 4.15. The van der Waals surface area contributed by atoms with E-state index in [1.54, 1.807) is 0 Å². The topological polar surface area (TPSA) is 140 Å². The first kappa shape index (κ1) is 13.7. The summed E-state index contributed by atoms with van der Waals surface area (Å²) in [4.78, 5) is -1.11. The lowest BCUT2D eigenvalue weighted by Gasteiger charge is -2.12. The fraction of sp³-hybridized carbons (Fsp3) is 0. The Morgan fingerprint density at radius 2 is 1.37 bits per heavy atom. The number of anilines is 1. The second kappa shape index (κ2) is 4.17. The molecule has 2 N–H and O–H groups in total. The predicted octanol–water partition coefficient (Wildman–Crippen LogP) is 0.230. The monoisotopic (exact) mass is 301 g/mol. The number of rotatable bonds is 2. The van der Waals surface area contributed by atoms with Crippen molar-refractivity contribution in [3.63, 3.8) is 0 Å². The summed E-state index contributed by atoms with van der Waals surface area (Å²) in [6.07, 6.45) is 0. The molecule has 2 aromatic rings. The average molecular weight is 301 g/mol. The molecule has 0 unspecified atom stereocenters. The molecule has 0 aliphatic carbocycles. The molecule has 102 valence electrons. The van der Waals surface area contributed by atoms with Gasteiger partial charge < -0.3 is 14.8 Å². The van der Waals surface area contributed by atoms with Gasteiger partial charge in [0.2, 0.25) is 0 Å². The first-order valence-electron chi connectivity index (χ1n) is 4.84.